The number of aromatic amines is 2. The minimum atomic E-state index is -0.663. The molecule has 2 amide bonds. The van der Waals surface area contributed by atoms with E-state index in [1.807, 2.05) is 160 Å². The smallest absolute Gasteiger partial charge is 0.294 e. The molecule has 0 saturated heterocycles. The van der Waals surface area contributed by atoms with Gasteiger partial charge in [-0.3, -0.25) is 52.9 Å². The second kappa shape index (κ2) is 39.2. The number of carbonyl (C=O) groups excluding carboxylic acids is 3. The van der Waals surface area contributed by atoms with Gasteiger partial charge in [-0.25, -0.2) is 80.7 Å². The number of aromatic nitrogens is 19. The van der Waals surface area contributed by atoms with Gasteiger partial charge in [-0.15, -0.1) is 11.3 Å². The molecule has 638 valence electrons. The van der Waals surface area contributed by atoms with Crippen LogP contribution in [-0.4, -0.2) is 133 Å². The number of hydrogen-bond donors (Lipinski definition) is 14. The minimum Gasteiger partial charge on any atom is -0.388 e. The Labute approximate surface area is 724 Å². The Bertz CT molecular complexity index is 7110. The molecule has 0 aliphatic heterocycles. The molecule has 38 nitrogen and oxygen atoms in total. The Morgan fingerprint density at radius 2 is 0.984 bits per heavy atom. The van der Waals surface area contributed by atoms with Crippen LogP contribution in [0.15, 0.2) is 227 Å². The number of aryl methyl sites for hydroxylation is 1. The maximum Gasteiger partial charge on any atom is 0.294 e. The zero-order valence-corrected chi connectivity index (χ0v) is 69.2. The van der Waals surface area contributed by atoms with E-state index in [9.17, 15) is 34.0 Å². The van der Waals surface area contributed by atoms with Gasteiger partial charge in [0, 0.05) is 55.2 Å². The molecule has 0 fully saturated rings. The lowest BCUT2D eigenvalue weighted by Crippen LogP contribution is -2.29. The number of fused-ring (bicyclic) bond motifs is 5. The molecule has 10 heterocycles. The van der Waals surface area contributed by atoms with Crippen molar-refractivity contribution < 1.29 is 29.9 Å². The highest BCUT2D eigenvalue weighted by Gasteiger charge is 2.29. The summed E-state index contributed by atoms with van der Waals surface area (Å²) in [5.41, 5.74) is 18.3. The maximum atomic E-state index is 14.3. The highest BCUT2D eigenvalue weighted by Crippen LogP contribution is 2.33. The molecule has 15 N–H and O–H groups in total. The first-order valence-corrected chi connectivity index (χ1v) is 40.9. The highest BCUT2D eigenvalue weighted by atomic mass is 32.1. The lowest BCUT2D eigenvalue weighted by Gasteiger charge is -2.23. The van der Waals surface area contributed by atoms with Crippen LogP contribution in [0.4, 0.5) is 34.9 Å². The van der Waals surface area contributed by atoms with Gasteiger partial charge in [-0.2, -0.15) is 5.26 Å². The van der Waals surface area contributed by atoms with Crippen LogP contribution >= 0.6 is 11.3 Å². The summed E-state index contributed by atoms with van der Waals surface area (Å²) in [7, 11) is 0. The summed E-state index contributed by atoms with van der Waals surface area (Å²) in [5, 5.41) is 60.0. The summed E-state index contributed by atoms with van der Waals surface area (Å²) in [4.78, 5) is 146. The van der Waals surface area contributed by atoms with Crippen LogP contribution in [0.25, 0.3) is 72.1 Å². The second-order valence-corrected chi connectivity index (χ2v) is 29.4. The van der Waals surface area contributed by atoms with Crippen molar-refractivity contribution in [3.05, 3.63) is 311 Å². The van der Waals surface area contributed by atoms with Crippen LogP contribution in [0.5, 0.6) is 0 Å². The first kappa shape index (κ1) is 85.6. The van der Waals surface area contributed by atoms with Gasteiger partial charge in [0.25, 0.3) is 28.5 Å². The van der Waals surface area contributed by atoms with Gasteiger partial charge in [0.15, 0.2) is 34.5 Å². The molecule has 7 aromatic carbocycles. The van der Waals surface area contributed by atoms with E-state index < -0.39 is 30.2 Å². The maximum absolute atomic E-state index is 14.3. The van der Waals surface area contributed by atoms with Crippen LogP contribution in [0.3, 0.4) is 0 Å². The number of para-hydroxylation sites is 3. The normalized spacial score (nSPS) is 11.8. The number of ketones is 1. The molecule has 0 bridgehead atoms. The number of H-pyrrole nitrogens is 2. The van der Waals surface area contributed by atoms with Crippen molar-refractivity contribution in [2.45, 2.75) is 91.3 Å². The van der Waals surface area contributed by atoms with Crippen molar-refractivity contribution in [1.29, 1.82) is 5.26 Å². The van der Waals surface area contributed by atoms with E-state index in [1.165, 1.54) is 36.4 Å². The van der Waals surface area contributed by atoms with Crippen molar-refractivity contribution in [3.8, 4) is 23.1 Å². The predicted octanol–water partition coefficient (Wildman–Crippen LogP) is 10.9. The molecule has 0 aliphatic rings. The lowest BCUT2D eigenvalue weighted by molar-refractivity contribution is 0.0699. The quantitative estimate of drug-likeness (QED) is 0.0118. The summed E-state index contributed by atoms with van der Waals surface area (Å²) < 4.78 is 4.85. The van der Waals surface area contributed by atoms with Gasteiger partial charge in [0.05, 0.1) is 86.1 Å². The van der Waals surface area contributed by atoms with Crippen molar-refractivity contribution >= 4 is 119 Å². The molecular weight excluding hydrogens is 1640 g/mol. The van der Waals surface area contributed by atoms with Gasteiger partial charge >= 0.3 is 0 Å². The van der Waals surface area contributed by atoms with Gasteiger partial charge in [0.1, 0.15) is 81.7 Å². The fraction of sp³-hybridized carbons (Fsp3) is 0.170. The molecular formula is C88H81N29O9S. The Hall–Kier alpha value is -16.4. The Morgan fingerprint density at radius 3 is 1.47 bits per heavy atom. The number of hydrogen-bond acceptors (Lipinski definition) is 32. The van der Waals surface area contributed by atoms with Crippen molar-refractivity contribution in [1.82, 2.24) is 110 Å². The third kappa shape index (κ3) is 18.7. The van der Waals surface area contributed by atoms with Crippen LogP contribution in [0.2, 0.25) is 0 Å². The topological polar surface area (TPSA) is 536 Å². The van der Waals surface area contributed by atoms with E-state index >= 15 is 0 Å². The number of hydroxylamine groups is 2. The van der Waals surface area contributed by atoms with Gasteiger partial charge in [-0.1, -0.05) is 118 Å². The number of amides is 2. The van der Waals surface area contributed by atoms with E-state index in [0.717, 1.165) is 11.1 Å². The zero-order chi connectivity index (χ0) is 88.6. The largest absolute Gasteiger partial charge is 0.388 e. The summed E-state index contributed by atoms with van der Waals surface area (Å²) in [6.45, 7) is 8.40. The third-order valence-electron chi connectivity index (χ3n) is 20.5. The Balaban J connectivity index is 0.000000147. The molecule has 0 saturated carbocycles. The Morgan fingerprint density at radius 1 is 0.504 bits per heavy atom. The molecule has 3 atom stereocenters. The average molecular weight is 1720 g/mol. The van der Waals surface area contributed by atoms with Gasteiger partial charge in [-0.05, 0) is 116 Å². The van der Waals surface area contributed by atoms with Crippen molar-refractivity contribution in [3.63, 3.8) is 0 Å². The molecule has 0 unspecified atom stereocenters. The molecule has 17 aromatic rings. The Kier molecular flexibility index (Phi) is 26.4. The number of aliphatic hydroxyl groups is 1. The monoisotopic (exact) mass is 1720 g/mol. The number of thiazole rings is 1. The molecule has 10 aromatic heterocycles. The lowest BCUT2D eigenvalue weighted by atomic mass is 10.1. The van der Waals surface area contributed by atoms with Crippen molar-refractivity contribution in [2.24, 2.45) is 0 Å². The van der Waals surface area contributed by atoms with E-state index in [4.69, 9.17) is 36.2 Å². The fourth-order valence-electron chi connectivity index (χ4n) is 14.3. The van der Waals surface area contributed by atoms with Gasteiger partial charge < -0.3 is 52.7 Å². The minimum absolute atomic E-state index is 0.0706. The average Bonchev–Trinajstić information content (AvgIpc) is 1.13. The van der Waals surface area contributed by atoms with E-state index in [2.05, 4.69) is 103 Å². The standard InChI is InChI=1S/C31H29N9O3.C29H26N10O3.C28H26N10O3S/c1-3-23(37-28-22(16-32)27(33)35-18(2)36-28)29-38-25-11-7-10-24(26(25)31(42)40(29)21-8-5-4-6-9-21)34-17-19-12-14-20(15-13-19)30(41)39-43;1-2-20(37-26-24-25(34-15-33-24)35-16-36-26)27-38-21-10-6-7-17(11-30-29-31-12-18(13-32-29)22(41)14-40)23(21)28(42)39(27)19-8-4-3-5-9-19;1-2-18(35-25-23-24(31-14-30-23)32-15-33-25)26-36-19-10-6-7-16(11-29-12-21-34-20(13-42-21)27(39)37-41)22(19)28(40)38(26)17-8-4-3-5-9-17/h4-15,23,34,43H,3,17H2,1-2H3,(H,39,41)(H3,33,35,36,37);3-10,12-13,15-16,20,40H,2,11,14H2,1H3,(H,30,31,32)(H2,33,34,35,36,37);3-10,13-15,18,29,41H,2,11-12H2,1H3,(H,37,39)(H2,30,31,32,33,35)/t23-;20-;18-/m000/s1. The molecule has 127 heavy (non-hydrogen) atoms. The first-order chi connectivity index (χ1) is 62.0. The number of imidazole rings is 2. The number of nitriles is 1. The number of carbonyl (C=O) groups is 3. The van der Waals surface area contributed by atoms with Crippen LogP contribution in [0.1, 0.15) is 140 Å². The highest BCUT2D eigenvalue weighted by molar-refractivity contribution is 7.09. The predicted molar refractivity (Wildman–Crippen MR) is 477 cm³/mol. The van der Waals surface area contributed by atoms with Crippen LogP contribution in [-0.2, 0) is 26.2 Å². The molecule has 17 rings (SSSR count). The first-order valence-electron chi connectivity index (χ1n) is 40.0. The van der Waals surface area contributed by atoms with E-state index in [1.54, 1.807) is 80.0 Å². The van der Waals surface area contributed by atoms with E-state index in [-0.39, 0.29) is 69.7 Å². The molecule has 0 radical (unpaired) electrons. The number of anilines is 6. The second-order valence-electron chi connectivity index (χ2n) is 28.5. The van der Waals surface area contributed by atoms with Crippen LogP contribution in [0, 0.1) is 18.3 Å². The summed E-state index contributed by atoms with van der Waals surface area (Å²) in [6.07, 6.45) is 10.5. The number of benzene rings is 7. The molecule has 0 spiro atoms. The number of aliphatic hydroxyl groups excluding tert-OH is 1. The summed E-state index contributed by atoms with van der Waals surface area (Å²) in [5.74, 6) is 1.95. The number of rotatable bonds is 29. The number of nitrogens with one attached hydrogen (secondary N) is 10. The molecule has 39 heteroatoms. The molecule has 0 aliphatic carbocycles. The number of nitrogen functional groups attached to an aromatic ring is 1. The third-order valence-corrected chi connectivity index (χ3v) is 21.4. The summed E-state index contributed by atoms with van der Waals surface area (Å²) in [6, 6.07) is 52.1. The fourth-order valence-corrected chi connectivity index (χ4v) is 15.1. The zero-order valence-electron chi connectivity index (χ0n) is 68.4. The van der Waals surface area contributed by atoms with Gasteiger partial charge in [0.2, 0.25) is 5.95 Å². The SMILES string of the molecule is CC[C@H](Nc1nc(C)nc(N)c1C#N)c1nc2cccc(NCc3ccc(C(=O)NO)cc3)c2c(=O)n1-c1ccccc1.CC[C@H](Nc1ncnc2nc[nH]c12)c1nc2cccc(CNCc3nc(C(=O)NO)cs3)c2c(=O)n1-c1ccccc1.CC[C@H](Nc1ncnc2nc[nH]c12)c1nc2cccc(CNc3ncc(C(=O)CO)cn3)c2c(=O)n1-c1ccccc1. The number of nitrogens with zero attached hydrogens (tertiary/aromatic N) is 18. The van der Waals surface area contributed by atoms with E-state index in [0.29, 0.717) is 168 Å². The number of Topliss-reactive ketones (excluding diaryl/α,β-unsaturated/α-hetero) is 1. The number of nitrogens with two attached hydrogens (primary N) is 1. The summed E-state index contributed by atoms with van der Waals surface area (Å²) >= 11 is 1.30. The van der Waals surface area contributed by atoms with Crippen molar-refractivity contribution in [2.75, 3.05) is 38.9 Å². The van der Waals surface area contributed by atoms with Crippen LogP contribution < -0.4 is 65.3 Å².